The smallest absolute Gasteiger partial charge is 0.0536 e. The Hall–Kier alpha value is -0.420. The molecule has 1 aromatic rings. The molecule has 0 spiro atoms. The van der Waals surface area contributed by atoms with E-state index in [0.717, 1.165) is 37.1 Å². The second kappa shape index (κ2) is 7.03. The summed E-state index contributed by atoms with van der Waals surface area (Å²) in [4.78, 5) is 0. The highest BCUT2D eigenvalue weighted by Gasteiger charge is 2.34. The van der Waals surface area contributed by atoms with Crippen molar-refractivity contribution in [1.29, 1.82) is 0 Å². The van der Waals surface area contributed by atoms with Crippen LogP contribution in [-0.4, -0.2) is 31.5 Å². The number of rotatable bonds is 6. The highest BCUT2D eigenvalue weighted by atomic mass is 79.9. The van der Waals surface area contributed by atoms with Crippen molar-refractivity contribution in [1.82, 2.24) is 5.32 Å². The number of hydrogen-bond donors (Lipinski definition) is 2. The molecule has 1 aromatic carbocycles. The van der Waals surface area contributed by atoms with Crippen molar-refractivity contribution in [3.05, 3.63) is 33.8 Å². The molecule has 1 aliphatic rings. The van der Waals surface area contributed by atoms with E-state index < -0.39 is 0 Å². The number of ether oxygens (including phenoxy) is 1. The number of aliphatic hydroxyl groups excluding tert-OH is 1. The van der Waals surface area contributed by atoms with E-state index in [4.69, 9.17) is 4.74 Å². The van der Waals surface area contributed by atoms with Gasteiger partial charge in [-0.25, -0.2) is 0 Å². The van der Waals surface area contributed by atoms with Crippen molar-refractivity contribution < 1.29 is 9.84 Å². The fourth-order valence-electron chi connectivity index (χ4n) is 2.74. The Kier molecular flexibility index (Phi) is 5.61. The SMILES string of the molecule is Cc1cc([C@@H](C)NC[C@@]2(CCO)CCOC2)ccc1Br. The van der Waals surface area contributed by atoms with E-state index in [1.807, 2.05) is 0 Å². The Bertz CT molecular complexity index is 444. The lowest BCUT2D eigenvalue weighted by Crippen LogP contribution is -2.37. The summed E-state index contributed by atoms with van der Waals surface area (Å²) in [5, 5.41) is 12.9. The number of benzene rings is 1. The predicted octanol–water partition coefficient (Wildman–Crippen LogP) is 3.20. The topological polar surface area (TPSA) is 41.5 Å². The largest absolute Gasteiger partial charge is 0.396 e. The molecule has 4 heteroatoms. The summed E-state index contributed by atoms with van der Waals surface area (Å²) in [6.45, 7) is 6.99. The number of nitrogens with one attached hydrogen (secondary N) is 1. The molecule has 3 nitrogen and oxygen atoms in total. The fourth-order valence-corrected chi connectivity index (χ4v) is 2.98. The highest BCUT2D eigenvalue weighted by Crippen LogP contribution is 2.32. The quantitative estimate of drug-likeness (QED) is 0.834. The highest BCUT2D eigenvalue weighted by molar-refractivity contribution is 9.10. The van der Waals surface area contributed by atoms with Crippen LogP contribution in [0.15, 0.2) is 22.7 Å². The van der Waals surface area contributed by atoms with E-state index in [1.165, 1.54) is 11.1 Å². The lowest BCUT2D eigenvalue weighted by molar-refractivity contribution is 0.122. The Morgan fingerprint density at radius 3 is 2.90 bits per heavy atom. The van der Waals surface area contributed by atoms with Crippen LogP contribution in [0.2, 0.25) is 0 Å². The van der Waals surface area contributed by atoms with Crippen LogP contribution in [0.1, 0.15) is 36.9 Å². The zero-order chi connectivity index (χ0) is 14.6. The minimum absolute atomic E-state index is 0.105. The molecule has 0 radical (unpaired) electrons. The average Bonchev–Trinajstić information content (AvgIpc) is 2.89. The van der Waals surface area contributed by atoms with Crippen molar-refractivity contribution in [2.24, 2.45) is 5.41 Å². The third kappa shape index (κ3) is 3.82. The average molecular weight is 342 g/mol. The molecule has 2 N–H and O–H groups in total. The number of aliphatic hydroxyl groups is 1. The molecule has 0 unspecified atom stereocenters. The second-order valence-corrected chi connectivity index (χ2v) is 6.74. The van der Waals surface area contributed by atoms with E-state index in [2.05, 4.69) is 53.3 Å². The number of aryl methyl sites for hydroxylation is 1. The van der Waals surface area contributed by atoms with Gasteiger partial charge in [-0.05, 0) is 43.9 Å². The van der Waals surface area contributed by atoms with Gasteiger partial charge in [0.05, 0.1) is 6.61 Å². The molecule has 1 heterocycles. The molecule has 1 aliphatic heterocycles. The molecule has 0 amide bonds. The van der Waals surface area contributed by atoms with Gasteiger partial charge in [0.15, 0.2) is 0 Å². The predicted molar refractivity (Wildman–Crippen MR) is 84.9 cm³/mol. The molecule has 0 bridgehead atoms. The molecule has 0 aromatic heterocycles. The summed E-state index contributed by atoms with van der Waals surface area (Å²) in [6, 6.07) is 6.77. The molecular weight excluding hydrogens is 318 g/mol. The third-order valence-electron chi connectivity index (χ3n) is 4.29. The van der Waals surface area contributed by atoms with Crippen LogP contribution in [0.3, 0.4) is 0 Å². The van der Waals surface area contributed by atoms with E-state index in [1.54, 1.807) is 0 Å². The maximum atomic E-state index is 9.25. The van der Waals surface area contributed by atoms with Gasteiger partial charge in [-0.2, -0.15) is 0 Å². The van der Waals surface area contributed by atoms with Crippen molar-refractivity contribution in [3.8, 4) is 0 Å². The first-order chi connectivity index (χ1) is 9.56. The van der Waals surface area contributed by atoms with Crippen molar-refractivity contribution in [2.75, 3.05) is 26.4 Å². The van der Waals surface area contributed by atoms with Gasteiger partial charge in [-0.15, -0.1) is 0 Å². The van der Waals surface area contributed by atoms with Gasteiger partial charge >= 0.3 is 0 Å². The molecule has 112 valence electrons. The van der Waals surface area contributed by atoms with Gasteiger partial charge in [-0.1, -0.05) is 28.1 Å². The number of halogens is 1. The van der Waals surface area contributed by atoms with Crippen LogP contribution in [-0.2, 0) is 4.74 Å². The normalized spacial score (nSPS) is 24.0. The zero-order valence-electron chi connectivity index (χ0n) is 12.3. The fraction of sp³-hybridized carbons (Fsp3) is 0.625. The Morgan fingerprint density at radius 2 is 2.30 bits per heavy atom. The maximum Gasteiger partial charge on any atom is 0.0536 e. The van der Waals surface area contributed by atoms with Crippen LogP contribution in [0.5, 0.6) is 0 Å². The van der Waals surface area contributed by atoms with E-state index >= 15 is 0 Å². The van der Waals surface area contributed by atoms with Crippen LogP contribution in [0.25, 0.3) is 0 Å². The minimum atomic E-state index is 0.105. The van der Waals surface area contributed by atoms with E-state index in [9.17, 15) is 5.11 Å². The molecule has 20 heavy (non-hydrogen) atoms. The van der Waals surface area contributed by atoms with Gasteiger partial charge in [0.25, 0.3) is 0 Å². The van der Waals surface area contributed by atoms with Crippen LogP contribution in [0.4, 0.5) is 0 Å². The van der Waals surface area contributed by atoms with Crippen LogP contribution < -0.4 is 5.32 Å². The van der Waals surface area contributed by atoms with Gasteiger partial charge in [0, 0.05) is 35.7 Å². The van der Waals surface area contributed by atoms with Crippen molar-refractivity contribution in [3.63, 3.8) is 0 Å². The first-order valence-electron chi connectivity index (χ1n) is 7.24. The number of hydrogen-bond acceptors (Lipinski definition) is 3. The van der Waals surface area contributed by atoms with Gasteiger partial charge in [0.2, 0.25) is 0 Å². The van der Waals surface area contributed by atoms with E-state index in [0.29, 0.717) is 6.04 Å². The second-order valence-electron chi connectivity index (χ2n) is 5.89. The summed E-state index contributed by atoms with van der Waals surface area (Å²) >= 11 is 3.54. The van der Waals surface area contributed by atoms with Gasteiger partial charge in [-0.3, -0.25) is 0 Å². The van der Waals surface area contributed by atoms with Crippen molar-refractivity contribution in [2.45, 2.75) is 32.7 Å². The summed E-state index contributed by atoms with van der Waals surface area (Å²) in [5.41, 5.74) is 2.65. The first-order valence-corrected chi connectivity index (χ1v) is 8.04. The summed E-state index contributed by atoms with van der Waals surface area (Å²) in [7, 11) is 0. The van der Waals surface area contributed by atoms with Crippen LogP contribution >= 0.6 is 15.9 Å². The third-order valence-corrected chi connectivity index (χ3v) is 5.18. The van der Waals surface area contributed by atoms with Crippen molar-refractivity contribution >= 4 is 15.9 Å². The summed E-state index contributed by atoms with van der Waals surface area (Å²) in [5.74, 6) is 0. The summed E-state index contributed by atoms with van der Waals surface area (Å²) < 4.78 is 6.68. The van der Waals surface area contributed by atoms with Crippen LogP contribution in [0, 0.1) is 12.3 Å². The Labute approximate surface area is 129 Å². The molecule has 0 saturated carbocycles. The zero-order valence-corrected chi connectivity index (χ0v) is 13.9. The Balaban J connectivity index is 1.96. The summed E-state index contributed by atoms with van der Waals surface area (Å²) in [6.07, 6.45) is 1.85. The van der Waals surface area contributed by atoms with Gasteiger partial charge < -0.3 is 15.2 Å². The molecular formula is C16H24BrNO2. The monoisotopic (exact) mass is 341 g/mol. The minimum Gasteiger partial charge on any atom is -0.396 e. The van der Waals surface area contributed by atoms with Gasteiger partial charge in [0.1, 0.15) is 0 Å². The molecule has 0 aliphatic carbocycles. The molecule has 2 rings (SSSR count). The first kappa shape index (κ1) is 16.0. The van der Waals surface area contributed by atoms with E-state index in [-0.39, 0.29) is 12.0 Å². The molecule has 2 atom stereocenters. The Morgan fingerprint density at radius 1 is 1.50 bits per heavy atom. The lowest BCUT2D eigenvalue weighted by atomic mass is 9.83. The maximum absolute atomic E-state index is 9.25. The standard InChI is InChI=1S/C16H24BrNO2/c1-12-9-14(3-4-15(12)17)13(2)18-10-16(5-7-19)6-8-20-11-16/h3-4,9,13,18-19H,5-8,10-11H2,1-2H3/t13-,16-/m1/s1. The lowest BCUT2D eigenvalue weighted by Gasteiger charge is -2.29. The molecule has 1 saturated heterocycles. The molecule has 1 fully saturated rings.